The Balaban J connectivity index is 1.08. The summed E-state index contributed by atoms with van der Waals surface area (Å²) in [6.45, 7) is 2.63. The minimum Gasteiger partial charge on any atom is -0.395 e. The van der Waals surface area contributed by atoms with Crippen LogP contribution in [0.15, 0.2) is 66.7 Å². The molecule has 1 aromatic heterocycles. The summed E-state index contributed by atoms with van der Waals surface area (Å²) < 4.78 is 57.4. The Morgan fingerprint density at radius 1 is 1.05 bits per heavy atom. The van der Waals surface area contributed by atoms with E-state index in [1.807, 2.05) is 35.2 Å². The minimum atomic E-state index is -3.65. The van der Waals surface area contributed by atoms with Crippen LogP contribution < -0.4 is 15.2 Å². The molecule has 0 radical (unpaired) electrons. The summed E-state index contributed by atoms with van der Waals surface area (Å²) in [4.78, 5) is 15.3. The smallest absolute Gasteiger partial charge is 0.395 e. The van der Waals surface area contributed by atoms with E-state index in [2.05, 4.69) is 20.1 Å². The average Bonchev–Trinajstić information content (AvgIpc) is 3.52. The van der Waals surface area contributed by atoms with Gasteiger partial charge >= 0.3 is 6.29 Å². The zero-order valence-corrected chi connectivity index (χ0v) is 24.6. The van der Waals surface area contributed by atoms with E-state index < -0.39 is 6.29 Å². The number of aromatic nitrogens is 1. The normalized spacial score (nSPS) is 18.1. The number of piperidine rings is 1. The summed E-state index contributed by atoms with van der Waals surface area (Å²) in [6, 6.07) is 19.0. The van der Waals surface area contributed by atoms with Gasteiger partial charge in [-0.1, -0.05) is 30.3 Å². The van der Waals surface area contributed by atoms with Crippen molar-refractivity contribution in [2.75, 3.05) is 26.8 Å². The highest BCUT2D eigenvalue weighted by Gasteiger charge is 2.43. The summed E-state index contributed by atoms with van der Waals surface area (Å²) in [7, 11) is 1.67. The van der Waals surface area contributed by atoms with Crippen LogP contribution in [-0.2, 0) is 22.5 Å². The van der Waals surface area contributed by atoms with Crippen molar-refractivity contribution in [1.29, 1.82) is 0 Å². The van der Waals surface area contributed by atoms with Crippen LogP contribution in [0.5, 0.6) is 11.5 Å². The van der Waals surface area contributed by atoms with Crippen LogP contribution in [0, 0.1) is 5.82 Å². The molecule has 2 atom stereocenters. The molecule has 3 aromatic carbocycles. The number of benzene rings is 3. The number of methoxy groups -OCH3 is 1. The molecule has 0 spiro atoms. The van der Waals surface area contributed by atoms with Crippen LogP contribution in [0.25, 0.3) is 22.0 Å². The van der Waals surface area contributed by atoms with Crippen LogP contribution in [0.1, 0.15) is 42.9 Å². The number of nitrogens with zero attached hydrogens (tertiary/aromatic N) is 2. The number of carbonyl (C=O) groups is 1. The maximum atomic E-state index is 14.1. The Morgan fingerprint density at radius 2 is 1.82 bits per heavy atom. The lowest BCUT2D eigenvalue weighted by molar-refractivity contribution is -0.286. The van der Waals surface area contributed by atoms with Gasteiger partial charge in [0.15, 0.2) is 11.5 Å². The van der Waals surface area contributed by atoms with Gasteiger partial charge in [0, 0.05) is 62.8 Å². The van der Waals surface area contributed by atoms with Gasteiger partial charge in [-0.3, -0.25) is 4.79 Å². The molecule has 1 amide bonds. The molecule has 0 bridgehead atoms. The lowest BCUT2D eigenvalue weighted by atomic mass is 9.93. The fourth-order valence-corrected chi connectivity index (χ4v) is 6.34. The van der Waals surface area contributed by atoms with E-state index in [1.165, 1.54) is 18.2 Å². The van der Waals surface area contributed by atoms with Crippen LogP contribution >= 0.6 is 0 Å². The molecule has 0 saturated carbocycles. The van der Waals surface area contributed by atoms with Gasteiger partial charge in [0.1, 0.15) is 5.82 Å². The second-order valence-corrected chi connectivity index (χ2v) is 11.6. The number of carbonyl (C=O) groups excluding carboxylic acids is 1. The predicted molar refractivity (Wildman–Crippen MR) is 161 cm³/mol. The van der Waals surface area contributed by atoms with Gasteiger partial charge in [-0.05, 0) is 78.8 Å². The average molecular weight is 608 g/mol. The fraction of sp³-hybridized carbons (Fsp3) is 0.382. The zero-order valence-electron chi connectivity index (χ0n) is 24.6. The third kappa shape index (κ3) is 6.56. The lowest BCUT2D eigenvalue weighted by Gasteiger charge is -2.34. The maximum Gasteiger partial charge on any atom is 0.586 e. The van der Waals surface area contributed by atoms with Gasteiger partial charge in [-0.25, -0.2) is 4.39 Å². The fourth-order valence-electron chi connectivity index (χ4n) is 6.34. The molecule has 2 aliphatic heterocycles. The van der Waals surface area contributed by atoms with Crippen LogP contribution in [0.2, 0.25) is 0 Å². The number of ether oxygens (including phenoxy) is 3. The van der Waals surface area contributed by atoms with Gasteiger partial charge in [-0.15, -0.1) is 8.78 Å². The van der Waals surface area contributed by atoms with E-state index in [4.69, 9.17) is 10.5 Å². The Hall–Kier alpha value is -4.02. The summed E-state index contributed by atoms with van der Waals surface area (Å²) in [6.07, 6.45) is -0.249. The minimum absolute atomic E-state index is 0.00137. The van der Waals surface area contributed by atoms with Gasteiger partial charge < -0.3 is 29.4 Å². The molecule has 2 N–H and O–H groups in total. The number of aryl methyl sites for hydroxylation is 1. The molecule has 0 aliphatic carbocycles. The molecule has 10 heteroatoms. The second kappa shape index (κ2) is 12.5. The Labute approximate surface area is 254 Å². The van der Waals surface area contributed by atoms with Crippen molar-refractivity contribution in [2.24, 2.45) is 5.73 Å². The topological polar surface area (TPSA) is 79.0 Å². The molecule has 3 heterocycles. The Kier molecular flexibility index (Phi) is 8.55. The third-order valence-corrected chi connectivity index (χ3v) is 8.44. The standard InChI is InChI=1S/C34H36F3N3O4/c1-42-15-3-14-40-29(17-25-9-11-27(35)19-30(25)40)26-4-2-13-39(21-26)33(41)20-28(38)16-22-5-7-23(8-6-22)24-10-12-31-32(18-24)44-34(36,37)43-31/h5-12,17-19,26,28H,2-4,13-16,20-21,38H2,1H3/t26?,28-/m1/s1. The summed E-state index contributed by atoms with van der Waals surface area (Å²) >= 11 is 0. The maximum absolute atomic E-state index is 14.1. The van der Waals surface area contributed by atoms with E-state index >= 15 is 0 Å². The number of hydrogen-bond acceptors (Lipinski definition) is 5. The number of rotatable bonds is 10. The van der Waals surface area contributed by atoms with Crippen molar-refractivity contribution in [2.45, 2.75) is 56.9 Å². The summed E-state index contributed by atoms with van der Waals surface area (Å²) in [5, 5.41) is 0.996. The molecule has 1 fully saturated rings. The van der Waals surface area contributed by atoms with Crippen LogP contribution in [-0.4, -0.2) is 54.5 Å². The first kappa shape index (κ1) is 30.0. The monoisotopic (exact) mass is 607 g/mol. The number of alkyl halides is 2. The number of amides is 1. The molecular formula is C34H36F3N3O4. The molecule has 4 aromatic rings. The summed E-state index contributed by atoms with van der Waals surface area (Å²) in [5.41, 5.74) is 11.0. The van der Waals surface area contributed by atoms with Crippen LogP contribution in [0.3, 0.4) is 0 Å². The quantitative estimate of drug-likeness (QED) is 0.209. The largest absolute Gasteiger partial charge is 0.586 e. The first-order valence-corrected chi connectivity index (χ1v) is 15.0. The Morgan fingerprint density at radius 3 is 2.61 bits per heavy atom. The highest BCUT2D eigenvalue weighted by molar-refractivity contribution is 5.82. The van der Waals surface area contributed by atoms with E-state index in [0.29, 0.717) is 26.1 Å². The van der Waals surface area contributed by atoms with Gasteiger partial charge in [0.2, 0.25) is 5.91 Å². The number of hydrogen-bond donors (Lipinski definition) is 1. The molecule has 6 rings (SSSR count). The third-order valence-electron chi connectivity index (χ3n) is 8.44. The molecule has 232 valence electrons. The van der Waals surface area contributed by atoms with Crippen molar-refractivity contribution in [3.8, 4) is 22.6 Å². The molecular weight excluding hydrogens is 571 g/mol. The van der Waals surface area contributed by atoms with Crippen molar-refractivity contribution in [3.05, 3.63) is 83.8 Å². The number of halogens is 3. The molecule has 44 heavy (non-hydrogen) atoms. The van der Waals surface area contributed by atoms with E-state index in [-0.39, 0.29) is 41.6 Å². The second-order valence-electron chi connectivity index (χ2n) is 11.6. The Bertz CT molecular complexity index is 1640. The highest BCUT2D eigenvalue weighted by atomic mass is 19.3. The lowest BCUT2D eigenvalue weighted by Crippen LogP contribution is -2.42. The zero-order chi connectivity index (χ0) is 30.8. The highest BCUT2D eigenvalue weighted by Crippen LogP contribution is 2.43. The molecule has 2 aliphatic rings. The van der Waals surface area contributed by atoms with Crippen molar-refractivity contribution in [1.82, 2.24) is 9.47 Å². The number of likely N-dealkylation sites (tertiary alicyclic amines) is 1. The van der Waals surface area contributed by atoms with Gasteiger partial charge in [0.05, 0.1) is 5.52 Å². The predicted octanol–water partition coefficient (Wildman–Crippen LogP) is 6.47. The van der Waals surface area contributed by atoms with E-state index in [0.717, 1.165) is 59.1 Å². The van der Waals surface area contributed by atoms with E-state index in [9.17, 15) is 18.0 Å². The molecule has 7 nitrogen and oxygen atoms in total. The molecule has 1 saturated heterocycles. The van der Waals surface area contributed by atoms with E-state index in [1.54, 1.807) is 19.2 Å². The van der Waals surface area contributed by atoms with Crippen LogP contribution in [0.4, 0.5) is 13.2 Å². The van der Waals surface area contributed by atoms with Crippen molar-refractivity contribution >= 4 is 16.8 Å². The first-order valence-electron chi connectivity index (χ1n) is 15.0. The van der Waals surface area contributed by atoms with Crippen molar-refractivity contribution in [3.63, 3.8) is 0 Å². The SMILES string of the molecule is COCCCn1c(C2CCCN(C(=O)C[C@H](N)Cc3ccc(-c4ccc5c(c4)OC(F)(F)O5)cc3)C2)cc2ccc(F)cc21. The summed E-state index contributed by atoms with van der Waals surface area (Å²) in [5.74, 6) is -0.0788. The number of fused-ring (bicyclic) bond motifs is 2. The molecule has 1 unspecified atom stereocenters. The van der Waals surface area contributed by atoms with Gasteiger partial charge in [0.25, 0.3) is 0 Å². The van der Waals surface area contributed by atoms with Crippen molar-refractivity contribution < 1.29 is 32.2 Å². The first-order chi connectivity index (χ1) is 21.2. The van der Waals surface area contributed by atoms with Gasteiger partial charge in [-0.2, -0.15) is 0 Å². The number of nitrogens with two attached hydrogens (primary N) is 1.